The Bertz CT molecular complexity index is 173. The Kier molecular flexibility index (Phi) is 5.16. The van der Waals surface area contributed by atoms with Crippen molar-refractivity contribution in [2.45, 2.75) is 45.4 Å². The van der Waals surface area contributed by atoms with Crippen LogP contribution in [-0.2, 0) is 4.79 Å². The fraction of sp³-hybridized carbons (Fsp3) is 0.917. The third-order valence-electron chi connectivity index (χ3n) is 3.24. The fourth-order valence-electron chi connectivity index (χ4n) is 2.16. The van der Waals surface area contributed by atoms with Gasteiger partial charge in [0.05, 0.1) is 0 Å². The molecule has 0 amide bonds. The van der Waals surface area contributed by atoms with Gasteiger partial charge in [0.25, 0.3) is 0 Å². The molecule has 2 heteroatoms. The number of Topliss-reactive ketones (excluding diaryl/α,β-unsaturated/α-hetero) is 1. The summed E-state index contributed by atoms with van der Waals surface area (Å²) < 4.78 is 0. The van der Waals surface area contributed by atoms with Crippen molar-refractivity contribution in [1.29, 1.82) is 0 Å². The molecule has 1 rings (SSSR count). The Morgan fingerprint density at radius 3 is 2.50 bits per heavy atom. The molecule has 1 aliphatic rings. The van der Waals surface area contributed by atoms with Crippen molar-refractivity contribution in [3.63, 3.8) is 0 Å². The maximum Gasteiger partial charge on any atom is 0.131 e. The lowest BCUT2D eigenvalue weighted by Crippen LogP contribution is -2.23. The number of rotatable bonds is 6. The standard InChI is InChI=1S/C12H23NO/c1-11(14)7-9-13(2)10-8-12-5-3-4-6-12/h12H,3-10H2,1-2H3. The lowest BCUT2D eigenvalue weighted by Gasteiger charge is -2.18. The molecule has 1 saturated carbocycles. The monoisotopic (exact) mass is 197 g/mol. The number of ketones is 1. The van der Waals surface area contributed by atoms with E-state index in [0.29, 0.717) is 12.2 Å². The molecule has 0 spiro atoms. The van der Waals surface area contributed by atoms with E-state index < -0.39 is 0 Å². The molecule has 0 heterocycles. The second kappa shape index (κ2) is 6.18. The topological polar surface area (TPSA) is 20.3 Å². The molecule has 1 fully saturated rings. The van der Waals surface area contributed by atoms with E-state index in [1.807, 2.05) is 0 Å². The number of hydrogen-bond acceptors (Lipinski definition) is 2. The van der Waals surface area contributed by atoms with Crippen LogP contribution in [0.5, 0.6) is 0 Å². The van der Waals surface area contributed by atoms with Crippen LogP contribution in [0.2, 0.25) is 0 Å². The first-order valence-corrected chi connectivity index (χ1v) is 5.86. The Labute approximate surface area is 87.7 Å². The van der Waals surface area contributed by atoms with Gasteiger partial charge in [-0.3, -0.25) is 4.79 Å². The number of carbonyl (C=O) groups excluding carboxylic acids is 1. The van der Waals surface area contributed by atoms with Crippen LogP contribution in [0.1, 0.15) is 45.4 Å². The summed E-state index contributed by atoms with van der Waals surface area (Å²) in [4.78, 5) is 13.1. The van der Waals surface area contributed by atoms with Gasteiger partial charge in [-0.15, -0.1) is 0 Å². The van der Waals surface area contributed by atoms with Crippen LogP contribution in [-0.4, -0.2) is 30.8 Å². The van der Waals surface area contributed by atoms with Crippen LogP contribution in [0, 0.1) is 5.92 Å². The van der Waals surface area contributed by atoms with Crippen LogP contribution in [0.4, 0.5) is 0 Å². The van der Waals surface area contributed by atoms with Gasteiger partial charge in [-0.05, 0) is 32.9 Å². The molecule has 0 aromatic rings. The molecule has 0 saturated heterocycles. The molecule has 0 atom stereocenters. The van der Waals surface area contributed by atoms with Crippen molar-refractivity contribution in [2.75, 3.05) is 20.1 Å². The zero-order valence-corrected chi connectivity index (χ0v) is 9.59. The highest BCUT2D eigenvalue weighted by Gasteiger charge is 2.15. The normalized spacial score (nSPS) is 17.9. The first kappa shape index (κ1) is 11.7. The van der Waals surface area contributed by atoms with Gasteiger partial charge in [-0.1, -0.05) is 25.7 Å². The quantitative estimate of drug-likeness (QED) is 0.652. The average molecular weight is 197 g/mol. The predicted molar refractivity (Wildman–Crippen MR) is 59.4 cm³/mol. The largest absolute Gasteiger partial charge is 0.306 e. The molecule has 0 aromatic heterocycles. The second-order valence-corrected chi connectivity index (χ2v) is 4.69. The maximum atomic E-state index is 10.8. The van der Waals surface area contributed by atoms with Crippen molar-refractivity contribution in [3.8, 4) is 0 Å². The summed E-state index contributed by atoms with van der Waals surface area (Å²) in [5.41, 5.74) is 0. The van der Waals surface area contributed by atoms with Crippen molar-refractivity contribution in [1.82, 2.24) is 4.90 Å². The lowest BCUT2D eigenvalue weighted by atomic mass is 10.0. The van der Waals surface area contributed by atoms with E-state index in [1.165, 1.54) is 32.1 Å². The smallest absolute Gasteiger partial charge is 0.131 e. The van der Waals surface area contributed by atoms with Crippen molar-refractivity contribution in [2.24, 2.45) is 5.92 Å². The first-order valence-electron chi connectivity index (χ1n) is 5.86. The Morgan fingerprint density at radius 2 is 1.93 bits per heavy atom. The molecule has 0 aromatic carbocycles. The Morgan fingerprint density at radius 1 is 1.29 bits per heavy atom. The molecule has 0 unspecified atom stereocenters. The highest BCUT2D eigenvalue weighted by Crippen LogP contribution is 2.27. The summed E-state index contributed by atoms with van der Waals surface area (Å²) >= 11 is 0. The zero-order chi connectivity index (χ0) is 10.4. The van der Waals surface area contributed by atoms with Crippen LogP contribution < -0.4 is 0 Å². The van der Waals surface area contributed by atoms with Gasteiger partial charge in [0.2, 0.25) is 0 Å². The van der Waals surface area contributed by atoms with E-state index in [2.05, 4.69) is 11.9 Å². The van der Waals surface area contributed by atoms with Gasteiger partial charge in [-0.2, -0.15) is 0 Å². The minimum Gasteiger partial charge on any atom is -0.306 e. The molecular formula is C12H23NO. The molecule has 0 bridgehead atoms. The lowest BCUT2D eigenvalue weighted by molar-refractivity contribution is -0.117. The molecule has 2 nitrogen and oxygen atoms in total. The van der Waals surface area contributed by atoms with E-state index >= 15 is 0 Å². The predicted octanol–water partition coefficient (Wildman–Crippen LogP) is 2.48. The van der Waals surface area contributed by atoms with Gasteiger partial charge in [0.1, 0.15) is 5.78 Å². The number of nitrogens with zero attached hydrogens (tertiary/aromatic N) is 1. The molecule has 0 N–H and O–H groups in total. The summed E-state index contributed by atoms with van der Waals surface area (Å²) in [5.74, 6) is 1.27. The third-order valence-corrected chi connectivity index (χ3v) is 3.24. The number of carbonyl (C=O) groups is 1. The molecule has 1 aliphatic carbocycles. The minimum absolute atomic E-state index is 0.303. The first-order chi connectivity index (χ1) is 6.68. The summed E-state index contributed by atoms with van der Waals surface area (Å²) in [6.07, 6.45) is 7.76. The summed E-state index contributed by atoms with van der Waals surface area (Å²) in [6.45, 7) is 3.77. The summed E-state index contributed by atoms with van der Waals surface area (Å²) in [6, 6.07) is 0. The van der Waals surface area contributed by atoms with E-state index in [1.54, 1.807) is 6.92 Å². The molecule has 82 valence electrons. The van der Waals surface area contributed by atoms with E-state index in [9.17, 15) is 4.79 Å². The van der Waals surface area contributed by atoms with Gasteiger partial charge in [0, 0.05) is 13.0 Å². The van der Waals surface area contributed by atoms with E-state index in [4.69, 9.17) is 0 Å². The second-order valence-electron chi connectivity index (χ2n) is 4.69. The van der Waals surface area contributed by atoms with Gasteiger partial charge in [-0.25, -0.2) is 0 Å². The highest BCUT2D eigenvalue weighted by atomic mass is 16.1. The van der Waals surface area contributed by atoms with Gasteiger partial charge in [0.15, 0.2) is 0 Å². The van der Waals surface area contributed by atoms with Crippen molar-refractivity contribution in [3.05, 3.63) is 0 Å². The molecule has 0 aliphatic heterocycles. The maximum absolute atomic E-state index is 10.8. The molecular weight excluding hydrogens is 174 g/mol. The fourth-order valence-corrected chi connectivity index (χ4v) is 2.16. The Balaban J connectivity index is 2.02. The van der Waals surface area contributed by atoms with Crippen molar-refractivity contribution < 1.29 is 4.79 Å². The van der Waals surface area contributed by atoms with Crippen LogP contribution in [0.25, 0.3) is 0 Å². The van der Waals surface area contributed by atoms with Gasteiger partial charge >= 0.3 is 0 Å². The number of hydrogen-bond donors (Lipinski definition) is 0. The highest BCUT2D eigenvalue weighted by molar-refractivity contribution is 5.75. The van der Waals surface area contributed by atoms with E-state index in [0.717, 1.165) is 19.0 Å². The summed E-state index contributed by atoms with van der Waals surface area (Å²) in [5, 5.41) is 0. The van der Waals surface area contributed by atoms with Crippen molar-refractivity contribution >= 4 is 5.78 Å². The molecule has 14 heavy (non-hydrogen) atoms. The van der Waals surface area contributed by atoms with Gasteiger partial charge < -0.3 is 4.90 Å². The SMILES string of the molecule is CC(=O)CCN(C)CCC1CCCC1. The average Bonchev–Trinajstić information content (AvgIpc) is 2.63. The third kappa shape index (κ3) is 4.75. The summed E-state index contributed by atoms with van der Waals surface area (Å²) in [7, 11) is 2.12. The molecule has 0 radical (unpaired) electrons. The van der Waals surface area contributed by atoms with Crippen LogP contribution in [0.15, 0.2) is 0 Å². The zero-order valence-electron chi connectivity index (χ0n) is 9.59. The van der Waals surface area contributed by atoms with E-state index in [-0.39, 0.29) is 0 Å². The Hall–Kier alpha value is -0.370. The van der Waals surface area contributed by atoms with Crippen LogP contribution >= 0.6 is 0 Å². The van der Waals surface area contributed by atoms with Crippen LogP contribution in [0.3, 0.4) is 0 Å². The minimum atomic E-state index is 0.303.